The van der Waals surface area contributed by atoms with Crippen molar-refractivity contribution in [1.29, 1.82) is 0 Å². The predicted octanol–water partition coefficient (Wildman–Crippen LogP) is 3.25. The first-order valence-corrected chi connectivity index (χ1v) is 7.57. The van der Waals surface area contributed by atoms with Crippen LogP contribution in [0.5, 0.6) is 0 Å². The number of rotatable bonds is 4. The van der Waals surface area contributed by atoms with Crippen molar-refractivity contribution in [3.05, 3.63) is 43.9 Å². The Hall–Kier alpha value is -0.720. The topological polar surface area (TPSA) is 42.7 Å². The minimum absolute atomic E-state index is 0.724. The Morgan fingerprint density at radius 3 is 2.58 bits per heavy atom. The quantitative estimate of drug-likeness (QED) is 0.875. The van der Waals surface area contributed by atoms with E-state index in [1.54, 1.807) is 0 Å². The maximum atomic E-state index is 4.41. The van der Waals surface area contributed by atoms with Crippen LogP contribution in [0.1, 0.15) is 22.6 Å². The Balaban J connectivity index is 2.00. The lowest BCUT2D eigenvalue weighted by Gasteiger charge is -2.07. The third-order valence-electron chi connectivity index (χ3n) is 3.14. The highest BCUT2D eigenvalue weighted by atomic mass is 79.9. The highest BCUT2D eigenvalue weighted by Gasteiger charge is 2.09. The Labute approximate surface area is 129 Å². The van der Waals surface area contributed by atoms with Crippen LogP contribution in [0.25, 0.3) is 0 Å². The van der Waals surface area contributed by atoms with Gasteiger partial charge in [-0.05, 0) is 51.8 Å². The molecule has 2 aromatic heterocycles. The van der Waals surface area contributed by atoms with Crippen LogP contribution in [-0.2, 0) is 20.1 Å². The van der Waals surface area contributed by atoms with Crippen LogP contribution in [-0.4, -0.2) is 14.8 Å². The fraction of sp³-hybridized carbons (Fsp3) is 0.385. The van der Waals surface area contributed by atoms with E-state index in [0.29, 0.717) is 0 Å². The fourth-order valence-corrected chi connectivity index (χ4v) is 3.08. The zero-order chi connectivity index (χ0) is 14.0. The summed E-state index contributed by atoms with van der Waals surface area (Å²) in [5, 5.41) is 7.82. The predicted molar refractivity (Wildman–Crippen MR) is 82.9 cm³/mol. The van der Waals surface area contributed by atoms with E-state index in [-0.39, 0.29) is 0 Å². The first-order valence-electron chi connectivity index (χ1n) is 5.98. The van der Waals surface area contributed by atoms with Gasteiger partial charge >= 0.3 is 0 Å². The molecule has 2 heterocycles. The molecule has 0 aromatic carbocycles. The van der Waals surface area contributed by atoms with Gasteiger partial charge in [0, 0.05) is 46.5 Å². The van der Waals surface area contributed by atoms with Crippen molar-refractivity contribution in [3.63, 3.8) is 0 Å². The zero-order valence-corrected chi connectivity index (χ0v) is 14.3. The van der Waals surface area contributed by atoms with Gasteiger partial charge in [0.15, 0.2) is 0 Å². The molecule has 0 aliphatic rings. The van der Waals surface area contributed by atoms with Crippen LogP contribution in [0.3, 0.4) is 0 Å². The number of hydrogen-bond donors (Lipinski definition) is 1. The third kappa shape index (κ3) is 3.43. The number of nitrogens with zero attached hydrogens (tertiary/aromatic N) is 3. The van der Waals surface area contributed by atoms with E-state index in [0.717, 1.165) is 33.4 Å². The highest BCUT2D eigenvalue weighted by molar-refractivity contribution is 9.11. The Morgan fingerprint density at radius 2 is 2.00 bits per heavy atom. The summed E-state index contributed by atoms with van der Waals surface area (Å²) in [5.74, 6) is 0. The van der Waals surface area contributed by atoms with Crippen molar-refractivity contribution in [1.82, 2.24) is 20.1 Å². The van der Waals surface area contributed by atoms with Crippen LogP contribution in [0.15, 0.2) is 21.2 Å². The van der Waals surface area contributed by atoms with Gasteiger partial charge in [0.1, 0.15) is 0 Å². The van der Waals surface area contributed by atoms with Crippen molar-refractivity contribution in [2.24, 2.45) is 7.05 Å². The molecule has 0 spiro atoms. The van der Waals surface area contributed by atoms with Crippen LogP contribution in [0.2, 0.25) is 0 Å². The largest absolute Gasteiger partial charge is 0.307 e. The molecule has 4 nitrogen and oxygen atoms in total. The number of aryl methyl sites for hydroxylation is 2. The minimum atomic E-state index is 0.724. The van der Waals surface area contributed by atoms with Gasteiger partial charge < -0.3 is 5.32 Å². The molecule has 0 aliphatic carbocycles. The second-order valence-corrected chi connectivity index (χ2v) is 6.23. The maximum absolute atomic E-state index is 4.41. The molecule has 0 saturated carbocycles. The molecular formula is C13H16Br2N4. The van der Waals surface area contributed by atoms with Crippen molar-refractivity contribution < 1.29 is 0 Å². The normalized spacial score (nSPS) is 11.0. The standard InChI is InChI=1S/C13H16Br2N4/c1-8-11(9(2)19(3)18-8)6-16-7-13-12(15)4-10(14)5-17-13/h4-5,16H,6-7H2,1-3H3. The van der Waals surface area contributed by atoms with E-state index in [1.165, 1.54) is 11.3 Å². The lowest BCUT2D eigenvalue weighted by molar-refractivity contribution is 0.669. The van der Waals surface area contributed by atoms with Crippen molar-refractivity contribution in [3.8, 4) is 0 Å². The van der Waals surface area contributed by atoms with Crippen molar-refractivity contribution >= 4 is 31.9 Å². The average molecular weight is 388 g/mol. The summed E-state index contributed by atoms with van der Waals surface area (Å²) in [6.07, 6.45) is 1.81. The van der Waals surface area contributed by atoms with Crippen LogP contribution in [0, 0.1) is 13.8 Å². The first kappa shape index (κ1) is 14.7. The van der Waals surface area contributed by atoms with Gasteiger partial charge in [0.2, 0.25) is 0 Å². The van der Waals surface area contributed by atoms with E-state index < -0.39 is 0 Å². The Bertz CT molecular complexity index is 593. The van der Waals surface area contributed by atoms with Gasteiger partial charge in [-0.15, -0.1) is 0 Å². The van der Waals surface area contributed by atoms with Gasteiger partial charge in [-0.2, -0.15) is 5.10 Å². The van der Waals surface area contributed by atoms with Crippen molar-refractivity contribution in [2.75, 3.05) is 0 Å². The average Bonchev–Trinajstić information content (AvgIpc) is 2.58. The lowest BCUT2D eigenvalue weighted by atomic mass is 10.2. The smallest absolute Gasteiger partial charge is 0.0684 e. The second kappa shape index (κ2) is 6.15. The number of halogens is 2. The van der Waals surface area contributed by atoms with Crippen LogP contribution in [0.4, 0.5) is 0 Å². The molecule has 0 saturated heterocycles. The summed E-state index contributed by atoms with van der Waals surface area (Å²) < 4.78 is 3.90. The maximum Gasteiger partial charge on any atom is 0.0684 e. The van der Waals surface area contributed by atoms with Crippen LogP contribution >= 0.6 is 31.9 Å². The Morgan fingerprint density at radius 1 is 1.26 bits per heavy atom. The fourth-order valence-electron chi connectivity index (χ4n) is 1.95. The summed E-state index contributed by atoms with van der Waals surface area (Å²) in [6, 6.07) is 2.00. The lowest BCUT2D eigenvalue weighted by Crippen LogP contribution is -2.15. The van der Waals surface area contributed by atoms with E-state index in [1.807, 2.05) is 30.9 Å². The summed E-state index contributed by atoms with van der Waals surface area (Å²) in [4.78, 5) is 4.38. The molecule has 102 valence electrons. The van der Waals surface area contributed by atoms with E-state index >= 15 is 0 Å². The van der Waals surface area contributed by atoms with E-state index in [4.69, 9.17) is 0 Å². The SMILES string of the molecule is Cc1nn(C)c(C)c1CNCc1ncc(Br)cc1Br. The molecule has 0 amide bonds. The first-order chi connectivity index (χ1) is 8.99. The number of aromatic nitrogens is 3. The highest BCUT2D eigenvalue weighted by Crippen LogP contribution is 2.19. The third-order valence-corrected chi connectivity index (χ3v) is 4.26. The molecular weight excluding hydrogens is 372 g/mol. The monoisotopic (exact) mass is 386 g/mol. The number of nitrogens with one attached hydrogen (secondary N) is 1. The van der Waals surface area contributed by atoms with Crippen LogP contribution < -0.4 is 5.32 Å². The summed E-state index contributed by atoms with van der Waals surface area (Å²) in [6.45, 7) is 5.65. The molecule has 2 aromatic rings. The summed E-state index contributed by atoms with van der Waals surface area (Å²) >= 11 is 6.92. The summed E-state index contributed by atoms with van der Waals surface area (Å²) in [5.41, 5.74) is 4.54. The molecule has 0 unspecified atom stereocenters. The van der Waals surface area contributed by atoms with E-state index in [9.17, 15) is 0 Å². The van der Waals surface area contributed by atoms with Gasteiger partial charge in [-0.3, -0.25) is 9.67 Å². The molecule has 0 bridgehead atoms. The molecule has 0 fully saturated rings. The molecule has 2 rings (SSSR count). The van der Waals surface area contributed by atoms with Gasteiger partial charge in [0.05, 0.1) is 11.4 Å². The van der Waals surface area contributed by atoms with Crippen molar-refractivity contribution in [2.45, 2.75) is 26.9 Å². The van der Waals surface area contributed by atoms with Gasteiger partial charge in [-0.25, -0.2) is 0 Å². The second-order valence-electron chi connectivity index (χ2n) is 4.46. The zero-order valence-electron chi connectivity index (χ0n) is 11.2. The molecule has 6 heteroatoms. The Kier molecular flexibility index (Phi) is 4.76. The molecule has 0 radical (unpaired) electrons. The molecule has 0 atom stereocenters. The van der Waals surface area contributed by atoms with Gasteiger partial charge in [0.25, 0.3) is 0 Å². The van der Waals surface area contributed by atoms with E-state index in [2.05, 4.69) is 54.2 Å². The molecule has 1 N–H and O–H groups in total. The minimum Gasteiger partial charge on any atom is -0.307 e. The van der Waals surface area contributed by atoms with Gasteiger partial charge in [-0.1, -0.05) is 0 Å². The molecule has 19 heavy (non-hydrogen) atoms. The summed E-state index contributed by atoms with van der Waals surface area (Å²) in [7, 11) is 1.97. The molecule has 0 aliphatic heterocycles. The number of pyridine rings is 1. The number of hydrogen-bond acceptors (Lipinski definition) is 3.